The molecule has 6 nitrogen and oxygen atoms in total. The largest absolute Gasteiger partial charge is 0.508 e. The van der Waals surface area contributed by atoms with E-state index < -0.39 is 0 Å². The normalized spacial score (nSPS) is 10.2. The smallest absolute Gasteiger partial charge is 0.223 e. The topological polar surface area (TPSA) is 110 Å². The van der Waals surface area contributed by atoms with E-state index in [0.717, 1.165) is 12.0 Å². The van der Waals surface area contributed by atoms with Crippen LogP contribution in [0, 0.1) is 0 Å². The van der Waals surface area contributed by atoms with Gasteiger partial charge in [0.1, 0.15) is 17.4 Å². The lowest BCUT2D eigenvalue weighted by Crippen LogP contribution is -2.09. The maximum Gasteiger partial charge on any atom is 0.223 e. The zero-order chi connectivity index (χ0) is 13.0. The molecule has 0 radical (unpaired) electrons. The van der Waals surface area contributed by atoms with Gasteiger partial charge in [0.25, 0.3) is 0 Å². The van der Waals surface area contributed by atoms with E-state index in [9.17, 15) is 0 Å². The Morgan fingerprint density at radius 3 is 2.50 bits per heavy atom. The lowest BCUT2D eigenvalue weighted by Gasteiger charge is -2.07. The second kappa shape index (κ2) is 5.22. The molecule has 0 saturated carbocycles. The second-order valence-electron chi connectivity index (χ2n) is 3.88. The van der Waals surface area contributed by atoms with Crippen molar-refractivity contribution in [3.63, 3.8) is 0 Å². The number of aromatic hydroxyl groups is 1. The van der Waals surface area contributed by atoms with Crippen molar-refractivity contribution in [3.05, 3.63) is 35.9 Å². The minimum atomic E-state index is 0.155. The van der Waals surface area contributed by atoms with Crippen molar-refractivity contribution < 1.29 is 5.11 Å². The van der Waals surface area contributed by atoms with Gasteiger partial charge >= 0.3 is 0 Å². The number of aromatic nitrogens is 2. The van der Waals surface area contributed by atoms with Crippen LogP contribution >= 0.6 is 0 Å². The quantitative estimate of drug-likeness (QED) is 0.639. The molecule has 0 spiro atoms. The van der Waals surface area contributed by atoms with Crippen LogP contribution in [0.5, 0.6) is 5.75 Å². The van der Waals surface area contributed by atoms with Gasteiger partial charge in [-0.1, -0.05) is 12.1 Å². The average molecular weight is 245 g/mol. The summed E-state index contributed by atoms with van der Waals surface area (Å²) in [5.41, 5.74) is 12.2. The Balaban J connectivity index is 1.90. The second-order valence-corrected chi connectivity index (χ2v) is 3.88. The SMILES string of the molecule is Nc1cc(NCCc2ccc(O)cc2)nc(N)n1. The lowest BCUT2D eigenvalue weighted by atomic mass is 10.1. The van der Waals surface area contributed by atoms with Crippen molar-refractivity contribution >= 4 is 17.6 Å². The third kappa shape index (κ3) is 3.24. The van der Waals surface area contributed by atoms with Gasteiger partial charge in [-0.15, -0.1) is 0 Å². The fraction of sp³-hybridized carbons (Fsp3) is 0.167. The highest BCUT2D eigenvalue weighted by atomic mass is 16.3. The molecule has 0 aliphatic heterocycles. The summed E-state index contributed by atoms with van der Waals surface area (Å²) in [4.78, 5) is 7.80. The molecule has 0 atom stereocenters. The van der Waals surface area contributed by atoms with Crippen molar-refractivity contribution in [2.45, 2.75) is 6.42 Å². The van der Waals surface area contributed by atoms with E-state index in [-0.39, 0.29) is 11.7 Å². The molecular weight excluding hydrogens is 230 g/mol. The van der Waals surface area contributed by atoms with Crippen molar-refractivity contribution in [1.82, 2.24) is 9.97 Å². The fourth-order valence-corrected chi connectivity index (χ4v) is 1.57. The van der Waals surface area contributed by atoms with E-state index in [2.05, 4.69) is 15.3 Å². The van der Waals surface area contributed by atoms with Gasteiger partial charge in [-0.2, -0.15) is 9.97 Å². The summed E-state index contributed by atoms with van der Waals surface area (Å²) in [5.74, 6) is 1.37. The zero-order valence-corrected chi connectivity index (χ0v) is 9.80. The van der Waals surface area contributed by atoms with Crippen LogP contribution in [0.3, 0.4) is 0 Å². The highest BCUT2D eigenvalue weighted by Gasteiger charge is 1.99. The number of hydrogen-bond donors (Lipinski definition) is 4. The monoisotopic (exact) mass is 245 g/mol. The Morgan fingerprint density at radius 1 is 1.11 bits per heavy atom. The Morgan fingerprint density at radius 2 is 1.83 bits per heavy atom. The number of phenolic OH excluding ortho intramolecular Hbond substituents is 1. The molecule has 18 heavy (non-hydrogen) atoms. The van der Waals surface area contributed by atoms with Crippen LogP contribution in [0.25, 0.3) is 0 Å². The lowest BCUT2D eigenvalue weighted by molar-refractivity contribution is 0.475. The summed E-state index contributed by atoms with van der Waals surface area (Å²) >= 11 is 0. The Bertz CT molecular complexity index is 506. The molecule has 2 rings (SSSR count). The number of nitrogen functional groups attached to an aromatic ring is 2. The van der Waals surface area contributed by atoms with Crippen LogP contribution in [0.4, 0.5) is 17.6 Å². The van der Waals surface area contributed by atoms with E-state index in [1.54, 1.807) is 18.2 Å². The first-order valence-electron chi connectivity index (χ1n) is 5.55. The number of phenols is 1. The van der Waals surface area contributed by atoms with E-state index >= 15 is 0 Å². The van der Waals surface area contributed by atoms with Gasteiger partial charge in [0, 0.05) is 12.6 Å². The average Bonchev–Trinajstić information content (AvgIpc) is 2.30. The molecule has 0 amide bonds. The van der Waals surface area contributed by atoms with Gasteiger partial charge < -0.3 is 21.9 Å². The number of nitrogens with two attached hydrogens (primary N) is 2. The minimum Gasteiger partial charge on any atom is -0.508 e. The first-order chi connectivity index (χ1) is 8.63. The molecule has 1 aromatic heterocycles. The highest BCUT2D eigenvalue weighted by molar-refractivity contribution is 5.48. The van der Waals surface area contributed by atoms with Gasteiger partial charge in [-0.05, 0) is 24.1 Å². The maximum atomic E-state index is 9.16. The Hall–Kier alpha value is -2.50. The van der Waals surface area contributed by atoms with Crippen LogP contribution < -0.4 is 16.8 Å². The van der Waals surface area contributed by atoms with Crippen LogP contribution in [-0.2, 0) is 6.42 Å². The molecule has 0 fully saturated rings. The summed E-state index contributed by atoms with van der Waals surface area (Å²) in [6.45, 7) is 0.695. The molecule has 2 aromatic rings. The van der Waals surface area contributed by atoms with E-state index in [1.807, 2.05) is 12.1 Å². The van der Waals surface area contributed by atoms with Crippen LogP contribution in [0.1, 0.15) is 5.56 Å². The summed E-state index contributed by atoms with van der Waals surface area (Å²) in [6, 6.07) is 8.71. The fourth-order valence-electron chi connectivity index (χ4n) is 1.57. The van der Waals surface area contributed by atoms with Gasteiger partial charge in [-0.25, -0.2) is 0 Å². The predicted molar refractivity (Wildman–Crippen MR) is 71.2 cm³/mol. The minimum absolute atomic E-state index is 0.155. The Labute approximate surface area is 105 Å². The third-order valence-corrected chi connectivity index (χ3v) is 2.42. The van der Waals surface area contributed by atoms with Gasteiger partial charge in [0.05, 0.1) is 0 Å². The first kappa shape index (κ1) is 12.0. The molecule has 6 N–H and O–H groups in total. The van der Waals surface area contributed by atoms with Crippen molar-refractivity contribution in [1.29, 1.82) is 0 Å². The van der Waals surface area contributed by atoms with Crippen molar-refractivity contribution in [2.24, 2.45) is 0 Å². The molecule has 1 heterocycles. The Kier molecular flexibility index (Phi) is 3.47. The van der Waals surface area contributed by atoms with E-state index in [0.29, 0.717) is 18.2 Å². The van der Waals surface area contributed by atoms with Gasteiger partial charge in [0.15, 0.2) is 0 Å². The summed E-state index contributed by atoms with van der Waals surface area (Å²) in [6.07, 6.45) is 0.810. The summed E-state index contributed by atoms with van der Waals surface area (Å²) in [7, 11) is 0. The number of rotatable bonds is 4. The van der Waals surface area contributed by atoms with E-state index in [1.165, 1.54) is 0 Å². The number of anilines is 3. The van der Waals surface area contributed by atoms with Gasteiger partial charge in [0.2, 0.25) is 5.95 Å². The van der Waals surface area contributed by atoms with Crippen LogP contribution in [0.2, 0.25) is 0 Å². The van der Waals surface area contributed by atoms with Crippen molar-refractivity contribution in [2.75, 3.05) is 23.3 Å². The molecule has 0 aliphatic carbocycles. The van der Waals surface area contributed by atoms with Crippen LogP contribution in [-0.4, -0.2) is 21.6 Å². The molecule has 0 aliphatic rings. The standard InChI is InChI=1S/C12H15N5O/c13-10-7-11(17-12(14)16-10)15-6-5-8-1-3-9(18)4-2-8/h1-4,7,18H,5-6H2,(H5,13,14,15,16,17). The highest BCUT2D eigenvalue weighted by Crippen LogP contribution is 2.11. The molecule has 0 saturated heterocycles. The number of benzene rings is 1. The summed E-state index contributed by atoms with van der Waals surface area (Å²) < 4.78 is 0. The third-order valence-electron chi connectivity index (χ3n) is 2.42. The molecule has 94 valence electrons. The summed E-state index contributed by atoms with van der Waals surface area (Å²) in [5, 5.41) is 12.3. The molecule has 0 bridgehead atoms. The molecule has 0 unspecified atom stereocenters. The van der Waals surface area contributed by atoms with Crippen LogP contribution in [0.15, 0.2) is 30.3 Å². The number of nitrogens with zero attached hydrogens (tertiary/aromatic N) is 2. The van der Waals surface area contributed by atoms with Crippen molar-refractivity contribution in [3.8, 4) is 5.75 Å². The maximum absolute atomic E-state index is 9.16. The first-order valence-corrected chi connectivity index (χ1v) is 5.55. The molecule has 1 aromatic carbocycles. The predicted octanol–water partition coefficient (Wildman–Crippen LogP) is 1.00. The van der Waals surface area contributed by atoms with Gasteiger partial charge in [-0.3, -0.25) is 0 Å². The van der Waals surface area contributed by atoms with E-state index in [4.69, 9.17) is 16.6 Å². The zero-order valence-electron chi connectivity index (χ0n) is 9.80. The number of hydrogen-bond acceptors (Lipinski definition) is 6. The molecular formula is C12H15N5O. The molecule has 6 heteroatoms. The number of nitrogens with one attached hydrogen (secondary N) is 1.